The van der Waals surface area contributed by atoms with E-state index in [9.17, 15) is 9.18 Å². The molecule has 3 aromatic carbocycles. The summed E-state index contributed by atoms with van der Waals surface area (Å²) in [6, 6.07) is 21.6. The molecule has 1 aliphatic rings. The summed E-state index contributed by atoms with van der Waals surface area (Å²) in [7, 11) is 0. The number of rotatable bonds is 8. The van der Waals surface area contributed by atoms with Crippen LogP contribution >= 0.6 is 23.4 Å². The number of amides is 1. The van der Waals surface area contributed by atoms with Gasteiger partial charge < -0.3 is 10.2 Å². The smallest absolute Gasteiger partial charge is 0.251 e. The van der Waals surface area contributed by atoms with Gasteiger partial charge in [-0.15, -0.1) is 0 Å². The molecular formula is C30H32ClFN2OS. The van der Waals surface area contributed by atoms with E-state index in [0.29, 0.717) is 43.1 Å². The Morgan fingerprint density at radius 3 is 2.56 bits per heavy atom. The van der Waals surface area contributed by atoms with Crippen molar-refractivity contribution < 1.29 is 9.18 Å². The number of hydrogen-bond donors (Lipinski definition) is 1. The minimum absolute atomic E-state index is 0.111. The highest BCUT2D eigenvalue weighted by molar-refractivity contribution is 7.99. The third-order valence-electron chi connectivity index (χ3n) is 6.65. The second-order valence-corrected chi connectivity index (χ2v) is 11.0. The Balaban J connectivity index is 1.48. The van der Waals surface area contributed by atoms with Crippen LogP contribution < -0.4 is 5.32 Å². The van der Waals surface area contributed by atoms with Gasteiger partial charge in [0.1, 0.15) is 5.67 Å². The van der Waals surface area contributed by atoms with Crippen LogP contribution in [0.2, 0.25) is 5.02 Å². The number of nitrogens with one attached hydrogen (secondary N) is 1. The first-order chi connectivity index (χ1) is 17.3. The van der Waals surface area contributed by atoms with Crippen molar-refractivity contribution in [3.8, 4) is 0 Å². The molecule has 6 heteroatoms. The topological polar surface area (TPSA) is 32.3 Å². The van der Waals surface area contributed by atoms with Crippen molar-refractivity contribution in [3.05, 3.63) is 101 Å². The molecule has 1 N–H and O–H groups in total. The van der Waals surface area contributed by atoms with Crippen LogP contribution in [-0.4, -0.2) is 29.6 Å². The molecule has 3 nitrogen and oxygen atoms in total. The van der Waals surface area contributed by atoms with E-state index in [2.05, 4.69) is 35.9 Å². The molecule has 3 aromatic rings. The zero-order chi connectivity index (χ0) is 25.7. The molecule has 188 valence electrons. The summed E-state index contributed by atoms with van der Waals surface area (Å²) in [5.41, 5.74) is 3.61. The lowest BCUT2D eigenvalue weighted by Crippen LogP contribution is -2.38. The molecule has 0 radical (unpaired) electrons. The Bertz CT molecular complexity index is 1250. The zero-order valence-electron chi connectivity index (χ0n) is 20.8. The Morgan fingerprint density at radius 2 is 1.83 bits per heavy atom. The van der Waals surface area contributed by atoms with E-state index in [1.807, 2.05) is 54.6 Å². The summed E-state index contributed by atoms with van der Waals surface area (Å²) in [6.07, 6.45) is 1.84. The summed E-state index contributed by atoms with van der Waals surface area (Å²) in [5, 5.41) is 3.63. The highest BCUT2D eigenvalue weighted by Crippen LogP contribution is 2.38. The van der Waals surface area contributed by atoms with Gasteiger partial charge in [-0.05, 0) is 73.7 Å². The van der Waals surface area contributed by atoms with E-state index < -0.39 is 5.67 Å². The van der Waals surface area contributed by atoms with E-state index in [4.69, 9.17) is 11.6 Å². The largest absolute Gasteiger partial charge is 0.371 e. The van der Waals surface area contributed by atoms with Gasteiger partial charge in [-0.25, -0.2) is 4.39 Å². The Morgan fingerprint density at radius 1 is 1.08 bits per heavy atom. The van der Waals surface area contributed by atoms with Gasteiger partial charge in [0, 0.05) is 51.3 Å². The summed E-state index contributed by atoms with van der Waals surface area (Å²) in [6.45, 7) is 9.90. The van der Waals surface area contributed by atoms with Crippen molar-refractivity contribution in [1.82, 2.24) is 10.2 Å². The number of benzene rings is 3. The highest BCUT2D eigenvalue weighted by Gasteiger charge is 2.30. The molecule has 0 bridgehead atoms. The maximum Gasteiger partial charge on any atom is 0.251 e. The van der Waals surface area contributed by atoms with Gasteiger partial charge in [0.2, 0.25) is 0 Å². The van der Waals surface area contributed by atoms with E-state index >= 15 is 0 Å². The van der Waals surface area contributed by atoms with Gasteiger partial charge in [-0.2, -0.15) is 0 Å². The normalized spacial score (nSPS) is 14.9. The summed E-state index contributed by atoms with van der Waals surface area (Å²) in [5.74, 6) is -0.111. The number of piperidine rings is 1. The van der Waals surface area contributed by atoms with Gasteiger partial charge in [-0.1, -0.05) is 67.2 Å². The van der Waals surface area contributed by atoms with E-state index in [0.717, 1.165) is 38.6 Å². The number of halogens is 2. The lowest BCUT2D eigenvalue weighted by molar-refractivity contribution is 0.0950. The zero-order valence-corrected chi connectivity index (χ0v) is 22.4. The molecule has 36 heavy (non-hydrogen) atoms. The molecule has 0 unspecified atom stereocenters. The van der Waals surface area contributed by atoms with Crippen molar-refractivity contribution in [2.24, 2.45) is 0 Å². The fraction of sp³-hybridized carbons (Fsp3) is 0.300. The summed E-state index contributed by atoms with van der Waals surface area (Å²) < 4.78 is 14.3. The molecule has 4 rings (SSSR count). The van der Waals surface area contributed by atoms with Crippen molar-refractivity contribution >= 4 is 35.0 Å². The predicted octanol–water partition coefficient (Wildman–Crippen LogP) is 7.78. The SMILES string of the molecule is C=C(c1ccccc1Sc1ccc(C(=O)NCc2cccc(Cl)c2)cc1CC)N1CCC(C)(F)CC1. The van der Waals surface area contributed by atoms with Crippen molar-refractivity contribution in [2.75, 3.05) is 13.1 Å². The van der Waals surface area contributed by atoms with Gasteiger partial charge in [-0.3, -0.25) is 4.79 Å². The first-order valence-electron chi connectivity index (χ1n) is 12.3. The van der Waals surface area contributed by atoms with Crippen LogP contribution in [0, 0.1) is 0 Å². The summed E-state index contributed by atoms with van der Waals surface area (Å²) >= 11 is 7.73. The van der Waals surface area contributed by atoms with Crippen LogP contribution in [0.25, 0.3) is 5.70 Å². The molecular weight excluding hydrogens is 491 g/mol. The van der Waals surface area contributed by atoms with Gasteiger partial charge in [0.15, 0.2) is 0 Å². The number of alkyl halides is 1. The second-order valence-electron chi connectivity index (χ2n) is 9.43. The third-order valence-corrected chi connectivity index (χ3v) is 8.08. The van der Waals surface area contributed by atoms with Crippen LogP contribution in [0.3, 0.4) is 0 Å². The van der Waals surface area contributed by atoms with Crippen LogP contribution in [0.5, 0.6) is 0 Å². The number of hydrogen-bond acceptors (Lipinski definition) is 3. The number of aryl methyl sites for hydroxylation is 1. The second kappa shape index (κ2) is 11.5. The van der Waals surface area contributed by atoms with Gasteiger partial charge >= 0.3 is 0 Å². The minimum Gasteiger partial charge on any atom is -0.371 e. The maximum atomic E-state index is 14.3. The van der Waals surface area contributed by atoms with Gasteiger partial charge in [0.25, 0.3) is 5.91 Å². The summed E-state index contributed by atoms with van der Waals surface area (Å²) in [4.78, 5) is 17.2. The first kappa shape index (κ1) is 26.3. The molecule has 1 aliphatic heterocycles. The van der Waals surface area contributed by atoms with Crippen molar-refractivity contribution in [1.29, 1.82) is 0 Å². The van der Waals surface area contributed by atoms with Crippen LogP contribution in [0.15, 0.2) is 83.1 Å². The molecule has 0 spiro atoms. The third kappa shape index (κ3) is 6.51. The maximum absolute atomic E-state index is 14.3. The predicted molar refractivity (Wildman–Crippen MR) is 148 cm³/mol. The number of likely N-dealkylation sites (tertiary alicyclic amines) is 1. The standard InChI is InChI=1S/C30H32ClFN2OS/c1-4-23-19-24(29(35)33-20-22-8-7-9-25(31)18-22)12-13-27(23)36-28-11-6-5-10-26(28)21(2)34-16-14-30(3,32)15-17-34/h5-13,18-19H,2,4,14-17,20H2,1,3H3,(H,33,35). The average Bonchev–Trinajstić information content (AvgIpc) is 2.87. The average molecular weight is 523 g/mol. The Kier molecular flexibility index (Phi) is 8.43. The van der Waals surface area contributed by atoms with E-state index in [-0.39, 0.29) is 5.91 Å². The molecule has 0 atom stereocenters. The lowest BCUT2D eigenvalue weighted by Gasteiger charge is -2.37. The molecule has 0 saturated carbocycles. The van der Waals surface area contributed by atoms with E-state index in [1.54, 1.807) is 18.7 Å². The van der Waals surface area contributed by atoms with Gasteiger partial charge in [0.05, 0.1) is 0 Å². The lowest BCUT2D eigenvalue weighted by atomic mass is 9.95. The highest BCUT2D eigenvalue weighted by atomic mass is 35.5. The van der Waals surface area contributed by atoms with Crippen LogP contribution in [0.1, 0.15) is 53.7 Å². The fourth-order valence-electron chi connectivity index (χ4n) is 4.35. The molecule has 1 amide bonds. The molecule has 1 saturated heterocycles. The minimum atomic E-state index is -1.09. The molecule has 1 heterocycles. The molecule has 0 aliphatic carbocycles. The monoisotopic (exact) mass is 522 g/mol. The first-order valence-corrected chi connectivity index (χ1v) is 13.5. The number of carbonyl (C=O) groups excluding carboxylic acids is 1. The van der Waals surface area contributed by atoms with Crippen LogP contribution in [0.4, 0.5) is 4.39 Å². The Labute approximate surface area is 222 Å². The number of nitrogens with zero attached hydrogens (tertiary/aromatic N) is 1. The van der Waals surface area contributed by atoms with E-state index in [1.165, 1.54) is 0 Å². The van der Waals surface area contributed by atoms with Crippen molar-refractivity contribution in [3.63, 3.8) is 0 Å². The quantitative estimate of drug-likeness (QED) is 0.328. The van der Waals surface area contributed by atoms with Crippen molar-refractivity contribution in [2.45, 2.75) is 55.1 Å². The van der Waals surface area contributed by atoms with Crippen LogP contribution in [-0.2, 0) is 13.0 Å². The molecule has 0 aromatic heterocycles. The number of carbonyl (C=O) groups is 1. The fourth-order valence-corrected chi connectivity index (χ4v) is 5.72. The molecule has 1 fully saturated rings. The Hall–Kier alpha value is -2.76.